The number of para-hydroxylation sites is 1. The Labute approximate surface area is 114 Å². The Morgan fingerprint density at radius 1 is 1.42 bits per heavy atom. The fourth-order valence-electron chi connectivity index (χ4n) is 2.35. The smallest absolute Gasteiger partial charge is 0.192 e. The number of aromatic amines is 1. The molecule has 1 aromatic carbocycles. The molecule has 0 spiro atoms. The van der Waals surface area contributed by atoms with Crippen LogP contribution in [0.2, 0.25) is 0 Å². The molecule has 0 aliphatic rings. The van der Waals surface area contributed by atoms with Crippen LogP contribution in [0.4, 0.5) is 0 Å². The molecule has 0 amide bonds. The third kappa shape index (κ3) is 2.71. The topological polar surface area (TPSA) is 36.0 Å². The molecule has 19 heavy (non-hydrogen) atoms. The number of hydrogen-bond donors (Lipinski definition) is 2. The molecule has 0 saturated heterocycles. The molecule has 3 heteroatoms. The second-order valence-electron chi connectivity index (χ2n) is 4.36. The summed E-state index contributed by atoms with van der Waals surface area (Å²) in [4.78, 5) is 3.44. The summed E-state index contributed by atoms with van der Waals surface area (Å²) in [6, 6.07) is 8.17. The molecule has 0 bridgehead atoms. The van der Waals surface area contributed by atoms with Gasteiger partial charge in [-0.05, 0) is 29.4 Å². The van der Waals surface area contributed by atoms with Gasteiger partial charge in [-0.15, -0.1) is 0 Å². The Hall–Kier alpha value is -2.00. The van der Waals surface area contributed by atoms with Crippen LogP contribution in [0.15, 0.2) is 55.1 Å². The number of rotatable bonds is 5. The van der Waals surface area contributed by atoms with Gasteiger partial charge in [0.1, 0.15) is 0 Å². The summed E-state index contributed by atoms with van der Waals surface area (Å²) in [6.45, 7) is 5.90. The van der Waals surface area contributed by atoms with E-state index in [1.807, 2.05) is 37.3 Å². The van der Waals surface area contributed by atoms with Crippen molar-refractivity contribution < 1.29 is 5.11 Å². The number of aliphatic hydroxyl groups is 1. The van der Waals surface area contributed by atoms with Crippen LogP contribution in [0.5, 0.6) is 0 Å². The van der Waals surface area contributed by atoms with Gasteiger partial charge in [0.15, 0.2) is 7.28 Å². The molecule has 0 radical (unpaired) electrons. The van der Waals surface area contributed by atoms with Gasteiger partial charge in [0.05, 0.1) is 0 Å². The van der Waals surface area contributed by atoms with Crippen LogP contribution >= 0.6 is 0 Å². The minimum absolute atomic E-state index is 0.145. The van der Waals surface area contributed by atoms with Crippen molar-refractivity contribution in [1.29, 1.82) is 0 Å². The average molecular weight is 251 g/mol. The van der Waals surface area contributed by atoms with Crippen LogP contribution in [0.25, 0.3) is 16.5 Å². The maximum absolute atomic E-state index is 9.29. The van der Waals surface area contributed by atoms with Gasteiger partial charge in [0, 0.05) is 17.7 Å². The van der Waals surface area contributed by atoms with Gasteiger partial charge in [-0.25, -0.2) is 0 Å². The zero-order valence-corrected chi connectivity index (χ0v) is 11.2. The number of aliphatic hydroxyl groups excluding tert-OH is 1. The summed E-state index contributed by atoms with van der Waals surface area (Å²) in [5, 5.41) is 10.5. The lowest BCUT2D eigenvalue weighted by Crippen LogP contribution is -2.20. The lowest BCUT2D eigenvalue weighted by Gasteiger charge is -2.03. The highest BCUT2D eigenvalue weighted by Crippen LogP contribution is 2.19. The SMILES string of the molecule is C=C/C=C(\C=C/C)c1[nH]c2ccccc2c1BCO. The number of hydrogen-bond acceptors (Lipinski definition) is 1. The van der Waals surface area contributed by atoms with E-state index in [2.05, 4.69) is 23.7 Å². The summed E-state index contributed by atoms with van der Waals surface area (Å²) in [5.41, 5.74) is 4.40. The van der Waals surface area contributed by atoms with E-state index in [1.165, 1.54) is 5.39 Å². The first kappa shape index (κ1) is 13.4. The fraction of sp³-hybridized carbons (Fsp3) is 0.125. The summed E-state index contributed by atoms with van der Waals surface area (Å²) >= 11 is 0. The molecule has 96 valence electrons. The number of aromatic nitrogens is 1. The first-order chi connectivity index (χ1) is 9.31. The standard InChI is InChI=1S/C16H18BNO/c1-3-7-12(8-4-2)16-15(17-11-19)13-9-5-6-10-14(13)18-16/h3-10,17-19H,1,11H2,2H3/b8-4-,12-7+. The lowest BCUT2D eigenvalue weighted by molar-refractivity contribution is 0.367. The van der Waals surface area contributed by atoms with Gasteiger partial charge in [-0.1, -0.05) is 49.1 Å². The van der Waals surface area contributed by atoms with E-state index in [0.717, 1.165) is 22.2 Å². The van der Waals surface area contributed by atoms with Gasteiger partial charge in [-0.2, -0.15) is 0 Å². The highest BCUT2D eigenvalue weighted by Gasteiger charge is 2.13. The maximum Gasteiger partial charge on any atom is 0.192 e. The van der Waals surface area contributed by atoms with Crippen LogP contribution in [-0.2, 0) is 0 Å². The maximum atomic E-state index is 9.29. The first-order valence-electron chi connectivity index (χ1n) is 6.48. The van der Waals surface area contributed by atoms with E-state index in [-0.39, 0.29) is 6.51 Å². The van der Waals surface area contributed by atoms with Gasteiger partial charge in [0.25, 0.3) is 0 Å². The summed E-state index contributed by atoms with van der Waals surface area (Å²) in [5.74, 6) is 0. The third-order valence-corrected chi connectivity index (χ3v) is 3.11. The molecular formula is C16H18BNO. The van der Waals surface area contributed by atoms with Gasteiger partial charge in [0.2, 0.25) is 0 Å². The van der Waals surface area contributed by atoms with Crippen LogP contribution in [0.1, 0.15) is 12.6 Å². The molecule has 2 nitrogen and oxygen atoms in total. The average Bonchev–Trinajstić information content (AvgIpc) is 2.78. The van der Waals surface area contributed by atoms with E-state index >= 15 is 0 Å². The van der Waals surface area contributed by atoms with Crippen molar-refractivity contribution in [2.45, 2.75) is 6.92 Å². The molecule has 2 N–H and O–H groups in total. The quantitative estimate of drug-likeness (QED) is 0.621. The van der Waals surface area contributed by atoms with E-state index in [1.54, 1.807) is 6.08 Å². The molecule has 0 atom stereocenters. The largest absolute Gasteiger partial charge is 0.404 e. The Balaban J connectivity index is 2.67. The number of H-pyrrole nitrogens is 1. The van der Waals surface area contributed by atoms with E-state index < -0.39 is 0 Å². The Kier molecular flexibility index (Phi) is 4.42. The normalized spacial score (nSPS) is 12.2. The van der Waals surface area contributed by atoms with Crippen molar-refractivity contribution >= 4 is 29.2 Å². The van der Waals surface area contributed by atoms with E-state index in [9.17, 15) is 5.11 Å². The molecule has 0 aliphatic carbocycles. The van der Waals surface area contributed by atoms with Crippen molar-refractivity contribution in [1.82, 2.24) is 4.98 Å². The molecule has 0 saturated carbocycles. The van der Waals surface area contributed by atoms with Gasteiger partial charge < -0.3 is 10.1 Å². The van der Waals surface area contributed by atoms with Crippen LogP contribution in [-0.4, -0.2) is 23.9 Å². The Morgan fingerprint density at radius 2 is 2.21 bits per heavy atom. The molecule has 1 aromatic heterocycles. The number of benzene rings is 1. The predicted octanol–water partition coefficient (Wildman–Crippen LogP) is 2.33. The minimum atomic E-state index is 0.145. The van der Waals surface area contributed by atoms with Crippen molar-refractivity contribution in [3.8, 4) is 0 Å². The summed E-state index contributed by atoms with van der Waals surface area (Å²) < 4.78 is 0. The first-order valence-corrected chi connectivity index (χ1v) is 6.48. The van der Waals surface area contributed by atoms with Crippen molar-refractivity contribution in [2.75, 3.05) is 6.51 Å². The minimum Gasteiger partial charge on any atom is -0.404 e. The second kappa shape index (κ2) is 6.25. The molecule has 0 aliphatic heterocycles. The van der Waals surface area contributed by atoms with Gasteiger partial charge >= 0.3 is 0 Å². The lowest BCUT2D eigenvalue weighted by atomic mass is 9.69. The second-order valence-corrected chi connectivity index (χ2v) is 4.36. The number of nitrogens with one attached hydrogen (secondary N) is 1. The highest BCUT2D eigenvalue weighted by molar-refractivity contribution is 6.58. The summed E-state index contributed by atoms with van der Waals surface area (Å²) in [6.07, 6.45) is 7.81. The predicted molar refractivity (Wildman–Crippen MR) is 85.2 cm³/mol. The molecule has 1 heterocycles. The highest BCUT2D eigenvalue weighted by atomic mass is 16.2. The zero-order chi connectivity index (χ0) is 13.7. The third-order valence-electron chi connectivity index (χ3n) is 3.11. The van der Waals surface area contributed by atoms with Crippen molar-refractivity contribution in [3.05, 3.63) is 60.8 Å². The van der Waals surface area contributed by atoms with Crippen LogP contribution in [0.3, 0.4) is 0 Å². The van der Waals surface area contributed by atoms with E-state index in [0.29, 0.717) is 7.28 Å². The number of fused-ring (bicyclic) bond motifs is 1. The van der Waals surface area contributed by atoms with Crippen molar-refractivity contribution in [3.63, 3.8) is 0 Å². The monoisotopic (exact) mass is 251 g/mol. The molecule has 2 rings (SSSR count). The Morgan fingerprint density at radius 3 is 2.89 bits per heavy atom. The van der Waals surface area contributed by atoms with Crippen LogP contribution in [0, 0.1) is 0 Å². The zero-order valence-electron chi connectivity index (χ0n) is 11.2. The van der Waals surface area contributed by atoms with Crippen molar-refractivity contribution in [2.24, 2.45) is 0 Å². The molecule has 2 aromatic rings. The number of allylic oxidation sites excluding steroid dienone is 5. The fourth-order valence-corrected chi connectivity index (χ4v) is 2.35. The molecule has 0 unspecified atom stereocenters. The molecule has 0 fully saturated rings. The summed E-state index contributed by atoms with van der Waals surface area (Å²) in [7, 11) is 0.644. The van der Waals surface area contributed by atoms with Crippen LogP contribution < -0.4 is 5.46 Å². The van der Waals surface area contributed by atoms with E-state index in [4.69, 9.17) is 0 Å². The molecular weight excluding hydrogens is 233 g/mol. The Bertz CT molecular complexity index is 637. The van der Waals surface area contributed by atoms with Gasteiger partial charge in [-0.3, -0.25) is 0 Å².